The first kappa shape index (κ1) is 25.7. The lowest BCUT2D eigenvalue weighted by Gasteiger charge is -2.30. The van der Waals surface area contributed by atoms with Crippen LogP contribution in [0.25, 0.3) is 0 Å². The molecule has 1 saturated heterocycles. The summed E-state index contributed by atoms with van der Waals surface area (Å²) >= 11 is 0. The second-order valence-corrected chi connectivity index (χ2v) is 7.92. The Morgan fingerprint density at radius 1 is 1.14 bits per heavy atom. The number of piperidine rings is 1. The molecule has 29 heavy (non-hydrogen) atoms. The standard InChI is InChI=1S/C22H37N5O.HI/c1-19-11-16-27(17-12-19)15-7-13-23-22(25-18-21(28)26(2)3)24-14-10-20-8-5-4-6-9-20;/h4-6,8-9,19H,7,10-18H2,1-3H3,(H2,23,24,25);1H. The summed E-state index contributed by atoms with van der Waals surface area (Å²) < 4.78 is 0. The molecule has 7 heteroatoms. The molecule has 1 aromatic carbocycles. The van der Waals surface area contributed by atoms with Gasteiger partial charge in [-0.3, -0.25) is 4.79 Å². The van der Waals surface area contributed by atoms with Crippen LogP contribution in [0.15, 0.2) is 35.3 Å². The van der Waals surface area contributed by atoms with Crippen LogP contribution < -0.4 is 10.6 Å². The maximum absolute atomic E-state index is 11.9. The number of amides is 1. The molecule has 0 aliphatic carbocycles. The molecule has 1 aromatic rings. The van der Waals surface area contributed by atoms with Crippen molar-refractivity contribution in [2.75, 3.05) is 53.4 Å². The van der Waals surface area contributed by atoms with Gasteiger partial charge in [-0.2, -0.15) is 0 Å². The van der Waals surface area contributed by atoms with Crippen molar-refractivity contribution < 1.29 is 4.79 Å². The zero-order valence-electron chi connectivity index (χ0n) is 18.2. The number of aliphatic imine (C=N–C) groups is 1. The smallest absolute Gasteiger partial charge is 0.243 e. The highest BCUT2D eigenvalue weighted by Crippen LogP contribution is 2.15. The molecule has 0 unspecified atom stereocenters. The number of likely N-dealkylation sites (N-methyl/N-ethyl adjacent to an activating group) is 1. The lowest BCUT2D eigenvalue weighted by atomic mass is 9.99. The summed E-state index contributed by atoms with van der Waals surface area (Å²) in [7, 11) is 3.51. The summed E-state index contributed by atoms with van der Waals surface area (Å²) in [6, 6.07) is 10.4. The number of nitrogens with one attached hydrogen (secondary N) is 2. The van der Waals surface area contributed by atoms with E-state index in [1.807, 2.05) is 6.07 Å². The molecule has 0 atom stereocenters. The van der Waals surface area contributed by atoms with Crippen LogP contribution in [0.1, 0.15) is 31.7 Å². The minimum absolute atomic E-state index is 0. The van der Waals surface area contributed by atoms with E-state index in [4.69, 9.17) is 0 Å². The molecule has 1 heterocycles. The Morgan fingerprint density at radius 3 is 2.45 bits per heavy atom. The molecule has 0 saturated carbocycles. The first-order chi connectivity index (χ1) is 13.5. The van der Waals surface area contributed by atoms with E-state index in [1.54, 1.807) is 19.0 Å². The van der Waals surface area contributed by atoms with Gasteiger partial charge >= 0.3 is 0 Å². The molecule has 1 amide bonds. The third-order valence-electron chi connectivity index (χ3n) is 5.24. The Bertz CT molecular complexity index is 600. The molecule has 164 valence electrons. The largest absolute Gasteiger partial charge is 0.356 e. The number of halogens is 1. The normalized spacial score (nSPS) is 15.5. The molecule has 6 nitrogen and oxygen atoms in total. The van der Waals surface area contributed by atoms with Crippen molar-refractivity contribution in [3.8, 4) is 0 Å². The summed E-state index contributed by atoms with van der Waals surface area (Å²) in [5.41, 5.74) is 1.29. The SMILES string of the molecule is CC1CCN(CCCNC(=NCC(=O)N(C)C)NCCc2ccccc2)CC1.I. The fourth-order valence-corrected chi connectivity index (χ4v) is 3.23. The summed E-state index contributed by atoms with van der Waals surface area (Å²) in [4.78, 5) is 20.4. The van der Waals surface area contributed by atoms with Crippen molar-refractivity contribution in [3.63, 3.8) is 0 Å². The molecule has 0 bridgehead atoms. The van der Waals surface area contributed by atoms with E-state index in [-0.39, 0.29) is 36.4 Å². The number of rotatable bonds is 9. The van der Waals surface area contributed by atoms with E-state index in [0.29, 0.717) is 0 Å². The Morgan fingerprint density at radius 2 is 1.79 bits per heavy atom. The first-order valence-electron chi connectivity index (χ1n) is 10.5. The molecule has 2 rings (SSSR count). The van der Waals surface area contributed by atoms with Gasteiger partial charge in [-0.25, -0.2) is 4.99 Å². The summed E-state index contributed by atoms with van der Waals surface area (Å²) in [6.07, 6.45) is 4.63. The third-order valence-corrected chi connectivity index (χ3v) is 5.24. The zero-order chi connectivity index (χ0) is 20.2. The van der Waals surface area contributed by atoms with Gasteiger partial charge in [-0.05, 0) is 56.8 Å². The number of guanidine groups is 1. The number of hydrogen-bond donors (Lipinski definition) is 2. The van der Waals surface area contributed by atoms with Gasteiger partial charge in [0.05, 0.1) is 0 Å². The van der Waals surface area contributed by atoms with Gasteiger partial charge in [-0.15, -0.1) is 24.0 Å². The van der Waals surface area contributed by atoms with Crippen LogP contribution in [0.4, 0.5) is 0 Å². The molecule has 1 fully saturated rings. The fourth-order valence-electron chi connectivity index (χ4n) is 3.23. The van der Waals surface area contributed by atoms with Crippen molar-refractivity contribution in [2.45, 2.75) is 32.6 Å². The van der Waals surface area contributed by atoms with Crippen molar-refractivity contribution in [1.82, 2.24) is 20.4 Å². The average Bonchev–Trinajstić information content (AvgIpc) is 2.70. The molecular formula is C22H38IN5O. The van der Waals surface area contributed by atoms with E-state index in [9.17, 15) is 4.79 Å². The van der Waals surface area contributed by atoms with Gasteiger partial charge in [0.25, 0.3) is 0 Å². The van der Waals surface area contributed by atoms with Gasteiger partial charge in [-0.1, -0.05) is 37.3 Å². The summed E-state index contributed by atoms with van der Waals surface area (Å²) in [6.45, 7) is 7.71. The number of benzene rings is 1. The highest BCUT2D eigenvalue weighted by atomic mass is 127. The number of carbonyl (C=O) groups is 1. The van der Waals surface area contributed by atoms with E-state index < -0.39 is 0 Å². The summed E-state index contributed by atoms with van der Waals surface area (Å²) in [5, 5.41) is 6.75. The van der Waals surface area contributed by atoms with Crippen molar-refractivity contribution in [3.05, 3.63) is 35.9 Å². The number of carbonyl (C=O) groups excluding carboxylic acids is 1. The zero-order valence-corrected chi connectivity index (χ0v) is 20.5. The topological polar surface area (TPSA) is 60.0 Å². The summed E-state index contributed by atoms with van der Waals surface area (Å²) in [5.74, 6) is 1.60. The molecule has 0 aromatic heterocycles. The van der Waals surface area contributed by atoms with E-state index in [0.717, 1.165) is 44.4 Å². The van der Waals surface area contributed by atoms with Crippen molar-refractivity contribution in [2.24, 2.45) is 10.9 Å². The van der Waals surface area contributed by atoms with Crippen LogP contribution in [-0.4, -0.2) is 75.0 Å². The van der Waals surface area contributed by atoms with Crippen molar-refractivity contribution >= 4 is 35.8 Å². The molecule has 2 N–H and O–H groups in total. The second kappa shape index (κ2) is 14.6. The molecule has 1 aliphatic rings. The molecule has 0 spiro atoms. The van der Waals surface area contributed by atoms with Crippen LogP contribution in [0.5, 0.6) is 0 Å². The highest BCUT2D eigenvalue weighted by Gasteiger charge is 2.14. The van der Waals surface area contributed by atoms with Gasteiger partial charge in [0, 0.05) is 27.2 Å². The van der Waals surface area contributed by atoms with Gasteiger partial charge in [0.15, 0.2) is 5.96 Å². The van der Waals surface area contributed by atoms with E-state index >= 15 is 0 Å². The fraction of sp³-hybridized carbons (Fsp3) is 0.636. The number of likely N-dealkylation sites (tertiary alicyclic amines) is 1. The quantitative estimate of drug-likeness (QED) is 0.230. The minimum Gasteiger partial charge on any atom is -0.356 e. The minimum atomic E-state index is 0. The maximum atomic E-state index is 11.9. The Balaban J connectivity index is 0.00000420. The third kappa shape index (κ3) is 10.8. The highest BCUT2D eigenvalue weighted by molar-refractivity contribution is 14.0. The van der Waals surface area contributed by atoms with Crippen molar-refractivity contribution in [1.29, 1.82) is 0 Å². The lowest BCUT2D eigenvalue weighted by molar-refractivity contribution is -0.127. The molecular weight excluding hydrogens is 477 g/mol. The van der Waals surface area contributed by atoms with Crippen LogP contribution in [0.3, 0.4) is 0 Å². The van der Waals surface area contributed by atoms with Crippen LogP contribution >= 0.6 is 24.0 Å². The number of nitrogens with zero attached hydrogens (tertiary/aromatic N) is 3. The van der Waals surface area contributed by atoms with Crippen LogP contribution in [0.2, 0.25) is 0 Å². The van der Waals surface area contributed by atoms with Crippen LogP contribution in [0, 0.1) is 5.92 Å². The number of hydrogen-bond acceptors (Lipinski definition) is 3. The Labute approximate surface area is 193 Å². The molecule has 0 radical (unpaired) electrons. The van der Waals surface area contributed by atoms with E-state index in [1.165, 1.54) is 31.5 Å². The Hall–Kier alpha value is -1.35. The molecule has 1 aliphatic heterocycles. The van der Waals surface area contributed by atoms with Gasteiger partial charge in [0.2, 0.25) is 5.91 Å². The predicted octanol–water partition coefficient (Wildman–Crippen LogP) is 2.59. The lowest BCUT2D eigenvalue weighted by Crippen LogP contribution is -2.41. The monoisotopic (exact) mass is 515 g/mol. The van der Waals surface area contributed by atoms with Crippen LogP contribution in [-0.2, 0) is 11.2 Å². The average molecular weight is 515 g/mol. The van der Waals surface area contributed by atoms with E-state index in [2.05, 4.69) is 51.7 Å². The van der Waals surface area contributed by atoms with Gasteiger partial charge in [0.1, 0.15) is 6.54 Å². The van der Waals surface area contributed by atoms with Gasteiger partial charge < -0.3 is 20.4 Å². The second-order valence-electron chi connectivity index (χ2n) is 7.92. The first-order valence-corrected chi connectivity index (χ1v) is 10.5. The predicted molar refractivity (Wildman–Crippen MR) is 132 cm³/mol. The maximum Gasteiger partial charge on any atom is 0.243 e. The Kier molecular flexibility index (Phi) is 12.9.